The molecule has 1 atom stereocenters. The number of aliphatic carboxylic acids is 1. The maximum atomic E-state index is 11.8. The molecule has 0 saturated carbocycles. The molecule has 1 unspecified atom stereocenters. The molecule has 2 aromatic carbocycles. The lowest BCUT2D eigenvalue weighted by molar-refractivity contribution is -0.137. The van der Waals surface area contributed by atoms with Gasteiger partial charge in [-0.2, -0.15) is 0 Å². The SMILES string of the molecule is COc1ccc2cc(C(=O)C(N)C(=O)O)ccc2c1. The fraction of sp³-hybridized carbons (Fsp3) is 0.143. The lowest BCUT2D eigenvalue weighted by Gasteiger charge is -2.07. The Morgan fingerprint density at radius 1 is 1.16 bits per heavy atom. The normalized spacial score (nSPS) is 12.1. The maximum Gasteiger partial charge on any atom is 0.328 e. The second kappa shape index (κ2) is 5.07. The molecule has 0 radical (unpaired) electrons. The first-order valence-corrected chi connectivity index (χ1v) is 5.63. The van der Waals surface area contributed by atoms with Gasteiger partial charge in [0.15, 0.2) is 11.8 Å². The van der Waals surface area contributed by atoms with Crippen LogP contribution in [0.25, 0.3) is 10.8 Å². The van der Waals surface area contributed by atoms with E-state index in [-0.39, 0.29) is 5.56 Å². The van der Waals surface area contributed by atoms with Crippen LogP contribution in [0.2, 0.25) is 0 Å². The Bertz CT molecular complexity index is 651. The number of hydrogen-bond donors (Lipinski definition) is 2. The number of carbonyl (C=O) groups excluding carboxylic acids is 1. The van der Waals surface area contributed by atoms with E-state index >= 15 is 0 Å². The highest BCUT2D eigenvalue weighted by Gasteiger charge is 2.22. The lowest BCUT2D eigenvalue weighted by atomic mass is 10.0. The standard InChI is InChI=1S/C14H13NO4/c1-19-11-5-4-8-6-10(3-2-9(8)7-11)13(16)12(15)14(17)18/h2-7,12H,15H2,1H3,(H,17,18). The van der Waals surface area contributed by atoms with Crippen molar-refractivity contribution in [2.24, 2.45) is 5.73 Å². The molecule has 5 heteroatoms. The monoisotopic (exact) mass is 259 g/mol. The smallest absolute Gasteiger partial charge is 0.328 e. The van der Waals surface area contributed by atoms with Crippen LogP contribution in [0, 0.1) is 0 Å². The number of ether oxygens (including phenoxy) is 1. The molecule has 0 fully saturated rings. The number of nitrogens with two attached hydrogens (primary N) is 1. The average molecular weight is 259 g/mol. The fourth-order valence-corrected chi connectivity index (χ4v) is 1.80. The van der Waals surface area contributed by atoms with Gasteiger partial charge >= 0.3 is 5.97 Å². The van der Waals surface area contributed by atoms with Gasteiger partial charge < -0.3 is 15.6 Å². The van der Waals surface area contributed by atoms with Gasteiger partial charge in [0.2, 0.25) is 0 Å². The predicted molar refractivity (Wildman–Crippen MR) is 70.4 cm³/mol. The number of rotatable bonds is 4. The van der Waals surface area contributed by atoms with Gasteiger partial charge in [-0.15, -0.1) is 0 Å². The molecule has 0 amide bonds. The Kier molecular flexibility index (Phi) is 3.48. The van der Waals surface area contributed by atoms with Gasteiger partial charge in [0.05, 0.1) is 7.11 Å². The van der Waals surface area contributed by atoms with Crippen LogP contribution >= 0.6 is 0 Å². The zero-order valence-corrected chi connectivity index (χ0v) is 10.3. The van der Waals surface area contributed by atoms with Crippen molar-refractivity contribution in [1.82, 2.24) is 0 Å². The van der Waals surface area contributed by atoms with Crippen molar-refractivity contribution in [3.05, 3.63) is 42.0 Å². The summed E-state index contributed by atoms with van der Waals surface area (Å²) >= 11 is 0. The Morgan fingerprint density at radius 2 is 1.79 bits per heavy atom. The maximum absolute atomic E-state index is 11.8. The highest BCUT2D eigenvalue weighted by molar-refractivity contribution is 6.12. The molecule has 0 aliphatic heterocycles. The summed E-state index contributed by atoms with van der Waals surface area (Å²) in [5.41, 5.74) is 5.60. The highest BCUT2D eigenvalue weighted by atomic mass is 16.5. The molecule has 98 valence electrons. The van der Waals surface area contributed by atoms with E-state index in [1.807, 2.05) is 6.07 Å². The minimum Gasteiger partial charge on any atom is -0.497 e. The number of ketones is 1. The molecule has 0 heterocycles. The van der Waals surface area contributed by atoms with E-state index in [2.05, 4.69) is 0 Å². The summed E-state index contributed by atoms with van der Waals surface area (Å²) in [5, 5.41) is 10.5. The summed E-state index contributed by atoms with van der Waals surface area (Å²) in [7, 11) is 1.57. The van der Waals surface area contributed by atoms with E-state index in [0.29, 0.717) is 5.75 Å². The predicted octanol–water partition coefficient (Wildman–Crippen LogP) is 1.44. The molecule has 0 aliphatic carbocycles. The number of hydrogen-bond acceptors (Lipinski definition) is 4. The number of carboxylic acids is 1. The van der Waals surface area contributed by atoms with Gasteiger partial charge in [0.1, 0.15) is 5.75 Å². The van der Waals surface area contributed by atoms with Crippen molar-refractivity contribution in [3.8, 4) is 5.75 Å². The van der Waals surface area contributed by atoms with Crippen molar-refractivity contribution in [3.63, 3.8) is 0 Å². The summed E-state index contributed by atoms with van der Waals surface area (Å²) in [5.74, 6) is -1.22. The molecule has 3 N–H and O–H groups in total. The van der Waals surface area contributed by atoms with E-state index < -0.39 is 17.8 Å². The van der Waals surface area contributed by atoms with Crippen LogP contribution in [0.15, 0.2) is 36.4 Å². The molecule has 0 spiro atoms. The first kappa shape index (κ1) is 13.0. The lowest BCUT2D eigenvalue weighted by Crippen LogP contribution is -2.38. The van der Waals surface area contributed by atoms with Gasteiger partial charge in [-0.05, 0) is 29.0 Å². The summed E-state index contributed by atoms with van der Waals surface area (Å²) in [6.07, 6.45) is 0. The van der Waals surface area contributed by atoms with Crippen LogP contribution in [0.3, 0.4) is 0 Å². The zero-order chi connectivity index (χ0) is 14.0. The minimum atomic E-state index is -1.53. The third-order valence-corrected chi connectivity index (χ3v) is 2.88. The van der Waals surface area contributed by atoms with Crippen molar-refractivity contribution in [2.75, 3.05) is 7.11 Å². The number of carbonyl (C=O) groups is 2. The van der Waals surface area contributed by atoms with Crippen molar-refractivity contribution in [1.29, 1.82) is 0 Å². The fourth-order valence-electron chi connectivity index (χ4n) is 1.80. The van der Waals surface area contributed by atoms with E-state index in [0.717, 1.165) is 10.8 Å². The van der Waals surface area contributed by atoms with Crippen LogP contribution < -0.4 is 10.5 Å². The van der Waals surface area contributed by atoms with E-state index in [1.165, 1.54) is 0 Å². The topological polar surface area (TPSA) is 89.6 Å². The summed E-state index contributed by atoms with van der Waals surface area (Å²) in [4.78, 5) is 22.5. The highest BCUT2D eigenvalue weighted by Crippen LogP contribution is 2.22. The Morgan fingerprint density at radius 3 is 2.42 bits per heavy atom. The van der Waals surface area contributed by atoms with E-state index in [1.54, 1.807) is 37.4 Å². The number of methoxy groups -OCH3 is 1. The number of fused-ring (bicyclic) bond motifs is 1. The summed E-state index contributed by atoms with van der Waals surface area (Å²) < 4.78 is 5.11. The second-order valence-corrected chi connectivity index (χ2v) is 4.11. The number of carboxylic acid groups (broad SMARTS) is 1. The Labute approximate surface area is 109 Å². The largest absolute Gasteiger partial charge is 0.497 e. The summed E-state index contributed by atoms with van der Waals surface area (Å²) in [6, 6.07) is 8.80. The zero-order valence-electron chi connectivity index (χ0n) is 10.3. The van der Waals surface area contributed by atoms with Crippen LogP contribution in [0.4, 0.5) is 0 Å². The Hall–Kier alpha value is -2.40. The van der Waals surface area contributed by atoms with Crippen LogP contribution in [-0.4, -0.2) is 30.0 Å². The van der Waals surface area contributed by atoms with E-state index in [4.69, 9.17) is 15.6 Å². The van der Waals surface area contributed by atoms with Gasteiger partial charge in [-0.3, -0.25) is 9.59 Å². The molecule has 19 heavy (non-hydrogen) atoms. The summed E-state index contributed by atoms with van der Waals surface area (Å²) in [6.45, 7) is 0. The third kappa shape index (κ3) is 2.56. The molecule has 0 aliphatic rings. The quantitative estimate of drug-likeness (QED) is 0.640. The Balaban J connectivity index is 2.42. The minimum absolute atomic E-state index is 0.285. The van der Waals surface area contributed by atoms with E-state index in [9.17, 15) is 9.59 Å². The molecule has 0 aromatic heterocycles. The molecule has 0 saturated heterocycles. The van der Waals surface area contributed by atoms with Gasteiger partial charge in [-0.1, -0.05) is 18.2 Å². The first-order valence-electron chi connectivity index (χ1n) is 5.63. The van der Waals surface area contributed by atoms with Gasteiger partial charge in [0.25, 0.3) is 0 Å². The average Bonchev–Trinajstić information content (AvgIpc) is 2.44. The number of benzene rings is 2. The van der Waals surface area contributed by atoms with Crippen molar-refractivity contribution in [2.45, 2.75) is 6.04 Å². The molecule has 5 nitrogen and oxygen atoms in total. The second-order valence-electron chi connectivity index (χ2n) is 4.11. The molecular formula is C14H13NO4. The van der Waals surface area contributed by atoms with Crippen molar-refractivity contribution >= 4 is 22.5 Å². The van der Waals surface area contributed by atoms with Crippen LogP contribution in [0.1, 0.15) is 10.4 Å². The molecule has 2 aromatic rings. The van der Waals surface area contributed by atoms with Crippen LogP contribution in [0.5, 0.6) is 5.75 Å². The molecule has 0 bridgehead atoms. The number of Topliss-reactive ketones (excluding diaryl/α,β-unsaturated/α-hetero) is 1. The molecular weight excluding hydrogens is 246 g/mol. The third-order valence-electron chi connectivity index (χ3n) is 2.88. The van der Waals surface area contributed by atoms with Crippen LogP contribution in [-0.2, 0) is 4.79 Å². The van der Waals surface area contributed by atoms with Gasteiger partial charge in [0, 0.05) is 5.56 Å². The van der Waals surface area contributed by atoms with Gasteiger partial charge in [-0.25, -0.2) is 0 Å². The molecule has 2 rings (SSSR count). The first-order chi connectivity index (χ1) is 9.02. The van der Waals surface area contributed by atoms with Crippen molar-refractivity contribution < 1.29 is 19.4 Å².